The topological polar surface area (TPSA) is 86.7 Å². The minimum Gasteiger partial charge on any atom is -0.466 e. The average Bonchev–Trinajstić information content (AvgIpc) is 2.64. The number of carbonyl (C=O) groups excluding carboxylic acids is 2. The van der Waals surface area contributed by atoms with Crippen LogP contribution < -0.4 is 4.18 Å². The Labute approximate surface area is 157 Å². The van der Waals surface area contributed by atoms with Crippen LogP contribution in [0.2, 0.25) is 0 Å². The van der Waals surface area contributed by atoms with Crippen molar-refractivity contribution in [1.82, 2.24) is 0 Å². The predicted molar refractivity (Wildman–Crippen MR) is 85.4 cm³/mol. The Hall–Kier alpha value is -2.24. The second-order valence-corrected chi connectivity index (χ2v) is 7.24. The fourth-order valence-corrected chi connectivity index (χ4v) is 2.98. The highest BCUT2D eigenvalue weighted by Crippen LogP contribution is 2.30. The van der Waals surface area contributed by atoms with E-state index in [-0.39, 0.29) is 25.9 Å². The van der Waals surface area contributed by atoms with Crippen LogP contribution in [0.15, 0.2) is 0 Å². The highest BCUT2D eigenvalue weighted by Gasteiger charge is 2.30. The molecule has 1 aromatic rings. The molecule has 0 N–H and O–H groups in total. The van der Waals surface area contributed by atoms with E-state index in [1.807, 2.05) is 0 Å². The van der Waals surface area contributed by atoms with E-state index < -0.39 is 68.9 Å². The lowest BCUT2D eigenvalue weighted by Crippen LogP contribution is -2.19. The summed E-state index contributed by atoms with van der Waals surface area (Å²) in [5, 5.41) is 0. The summed E-state index contributed by atoms with van der Waals surface area (Å²) in [7, 11) is -4.80. The quantitative estimate of drug-likeness (QED) is 0.133. The number of unbranched alkanes of at least 4 members (excludes halogenated alkanes) is 1. The molecule has 1 rings (SSSR count). The van der Waals surface area contributed by atoms with Crippen LogP contribution in [-0.2, 0) is 24.4 Å². The molecule has 0 amide bonds. The third kappa shape index (κ3) is 6.73. The molecule has 6 nitrogen and oxygen atoms in total. The van der Waals surface area contributed by atoms with Crippen molar-refractivity contribution in [3.8, 4) is 5.75 Å². The largest absolute Gasteiger partial charge is 0.466 e. The second-order valence-electron chi connectivity index (χ2n) is 5.54. The van der Waals surface area contributed by atoms with E-state index in [0.717, 1.165) is 0 Å². The maximum absolute atomic E-state index is 13.4. The molecule has 0 aliphatic heterocycles. The molecular formula is C16H17F5O6S. The van der Waals surface area contributed by atoms with Gasteiger partial charge in [-0.3, -0.25) is 9.59 Å². The van der Waals surface area contributed by atoms with Gasteiger partial charge in [0.2, 0.25) is 34.8 Å². The van der Waals surface area contributed by atoms with Crippen LogP contribution in [0.3, 0.4) is 0 Å². The molecule has 0 radical (unpaired) electrons. The third-order valence-electron chi connectivity index (χ3n) is 3.40. The van der Waals surface area contributed by atoms with Gasteiger partial charge in [0.05, 0.1) is 12.4 Å². The van der Waals surface area contributed by atoms with Crippen molar-refractivity contribution in [1.29, 1.82) is 0 Å². The Kier molecular flexibility index (Phi) is 8.79. The summed E-state index contributed by atoms with van der Waals surface area (Å²) in [5.74, 6) is -16.0. The summed E-state index contributed by atoms with van der Waals surface area (Å²) in [4.78, 5) is 22.7. The zero-order valence-corrected chi connectivity index (χ0v) is 15.5. The fraction of sp³-hybridized carbons (Fsp3) is 0.500. The summed E-state index contributed by atoms with van der Waals surface area (Å²) in [6.45, 7) is 1.86. The van der Waals surface area contributed by atoms with Gasteiger partial charge in [0.1, 0.15) is 5.78 Å². The molecule has 28 heavy (non-hydrogen) atoms. The van der Waals surface area contributed by atoms with Gasteiger partial charge in [-0.25, -0.2) is 13.2 Å². The van der Waals surface area contributed by atoms with Gasteiger partial charge in [-0.15, -0.1) is 0 Å². The number of halogens is 5. The molecule has 0 fully saturated rings. The Balaban J connectivity index is 2.60. The van der Waals surface area contributed by atoms with Crippen LogP contribution in [0, 0.1) is 29.1 Å². The molecule has 0 heterocycles. The summed E-state index contributed by atoms with van der Waals surface area (Å²) in [6.07, 6.45) is 0.0198. The molecule has 0 spiro atoms. The Morgan fingerprint density at radius 1 is 0.821 bits per heavy atom. The number of benzene rings is 1. The maximum atomic E-state index is 13.4. The van der Waals surface area contributed by atoms with Crippen molar-refractivity contribution in [2.45, 2.75) is 39.0 Å². The number of carbonyl (C=O) groups is 2. The molecule has 12 heteroatoms. The molecule has 0 atom stereocenters. The number of hydrogen-bond donors (Lipinski definition) is 0. The van der Waals surface area contributed by atoms with Crippen LogP contribution in [0.5, 0.6) is 5.75 Å². The van der Waals surface area contributed by atoms with E-state index in [0.29, 0.717) is 6.42 Å². The van der Waals surface area contributed by atoms with Crippen LogP contribution in [0.25, 0.3) is 0 Å². The van der Waals surface area contributed by atoms with Gasteiger partial charge < -0.3 is 8.92 Å². The maximum Gasteiger partial charge on any atom is 0.309 e. The van der Waals surface area contributed by atoms with Gasteiger partial charge in [-0.05, 0) is 19.8 Å². The van der Waals surface area contributed by atoms with Gasteiger partial charge in [-0.1, -0.05) is 0 Å². The number of ketones is 1. The molecule has 0 aliphatic carbocycles. The average molecular weight is 432 g/mol. The lowest BCUT2D eigenvalue weighted by atomic mass is 10.1. The van der Waals surface area contributed by atoms with E-state index in [1.165, 1.54) is 0 Å². The number of ether oxygens (including phenoxy) is 1. The van der Waals surface area contributed by atoms with Crippen molar-refractivity contribution < 1.29 is 48.9 Å². The summed E-state index contributed by atoms with van der Waals surface area (Å²) < 4.78 is 98.0. The summed E-state index contributed by atoms with van der Waals surface area (Å²) in [5.41, 5.74) is 0. The summed E-state index contributed by atoms with van der Waals surface area (Å²) >= 11 is 0. The monoisotopic (exact) mass is 432 g/mol. The van der Waals surface area contributed by atoms with Crippen molar-refractivity contribution >= 4 is 21.9 Å². The highest BCUT2D eigenvalue weighted by molar-refractivity contribution is 7.87. The second kappa shape index (κ2) is 10.3. The molecule has 0 aliphatic rings. The Morgan fingerprint density at radius 2 is 1.32 bits per heavy atom. The standard InChI is InChI=1S/C16H17F5O6S/c1-2-26-10(23)6-4-3-5-9(22)7-8-28(24,25)27-16-14(20)12(18)11(17)13(19)15(16)21/h2-8H2,1H3. The molecule has 0 unspecified atom stereocenters. The number of rotatable bonds is 11. The third-order valence-corrected chi connectivity index (χ3v) is 4.53. The molecule has 0 saturated carbocycles. The lowest BCUT2D eigenvalue weighted by Gasteiger charge is -2.10. The summed E-state index contributed by atoms with van der Waals surface area (Å²) in [6, 6.07) is 0. The van der Waals surface area contributed by atoms with E-state index >= 15 is 0 Å². The molecule has 1 aromatic carbocycles. The SMILES string of the molecule is CCOC(=O)CCCCC(=O)CCS(=O)(=O)Oc1c(F)c(F)c(F)c(F)c1F. The van der Waals surface area contributed by atoms with E-state index in [4.69, 9.17) is 0 Å². The minimum atomic E-state index is -4.80. The first-order chi connectivity index (χ1) is 13.0. The van der Waals surface area contributed by atoms with Crippen molar-refractivity contribution in [3.05, 3.63) is 29.1 Å². The van der Waals surface area contributed by atoms with E-state index in [9.17, 15) is 40.0 Å². The van der Waals surface area contributed by atoms with Crippen LogP contribution in [-0.4, -0.2) is 32.5 Å². The van der Waals surface area contributed by atoms with Crippen LogP contribution in [0.1, 0.15) is 39.0 Å². The molecule has 158 valence electrons. The van der Waals surface area contributed by atoms with Crippen molar-refractivity contribution in [2.24, 2.45) is 0 Å². The number of hydrogen-bond acceptors (Lipinski definition) is 6. The van der Waals surface area contributed by atoms with Crippen molar-refractivity contribution in [2.75, 3.05) is 12.4 Å². The smallest absolute Gasteiger partial charge is 0.309 e. The van der Waals surface area contributed by atoms with Crippen LogP contribution >= 0.6 is 0 Å². The van der Waals surface area contributed by atoms with E-state index in [2.05, 4.69) is 8.92 Å². The van der Waals surface area contributed by atoms with Gasteiger partial charge in [0.15, 0.2) is 0 Å². The fourth-order valence-electron chi connectivity index (χ4n) is 2.02. The van der Waals surface area contributed by atoms with Gasteiger partial charge >= 0.3 is 16.1 Å². The van der Waals surface area contributed by atoms with Gasteiger partial charge in [0, 0.05) is 19.3 Å². The first kappa shape index (κ1) is 23.8. The van der Waals surface area contributed by atoms with Crippen molar-refractivity contribution in [3.63, 3.8) is 0 Å². The highest BCUT2D eigenvalue weighted by atomic mass is 32.2. The van der Waals surface area contributed by atoms with Crippen LogP contribution in [0.4, 0.5) is 22.0 Å². The number of esters is 1. The molecular weight excluding hydrogens is 415 g/mol. The minimum absolute atomic E-state index is 0.0720. The predicted octanol–water partition coefficient (Wildman–Crippen LogP) is 3.17. The molecule has 0 aromatic heterocycles. The zero-order valence-electron chi connectivity index (χ0n) is 14.7. The molecule has 0 saturated heterocycles. The Morgan fingerprint density at radius 3 is 1.86 bits per heavy atom. The van der Waals surface area contributed by atoms with Gasteiger partial charge in [-0.2, -0.15) is 17.2 Å². The first-order valence-electron chi connectivity index (χ1n) is 8.11. The zero-order chi connectivity index (χ0) is 21.5. The first-order valence-corrected chi connectivity index (χ1v) is 9.68. The Bertz CT molecular complexity index is 811. The lowest BCUT2D eigenvalue weighted by molar-refractivity contribution is -0.143. The normalized spacial score (nSPS) is 11.4. The van der Waals surface area contributed by atoms with E-state index in [1.54, 1.807) is 6.92 Å². The van der Waals surface area contributed by atoms with Gasteiger partial charge in [0.25, 0.3) is 0 Å². The number of Topliss-reactive ketones (excluding diaryl/α,β-unsaturated/α-hetero) is 1. The molecule has 0 bridgehead atoms.